The van der Waals surface area contributed by atoms with Crippen molar-refractivity contribution in [3.63, 3.8) is 0 Å². The third kappa shape index (κ3) is 3.76. The molecule has 0 saturated carbocycles. The number of carbonyl (C=O) groups is 2. The monoisotopic (exact) mass is 241 g/mol. The van der Waals surface area contributed by atoms with E-state index in [2.05, 4.69) is 6.58 Å². The molecule has 1 fully saturated rings. The molecule has 1 amide bonds. The number of nitrogens with zero attached hydrogens (tertiary/aromatic N) is 1. The first-order valence-corrected chi connectivity index (χ1v) is 5.91. The quantitative estimate of drug-likeness (QED) is 0.543. The van der Waals surface area contributed by atoms with Crippen molar-refractivity contribution < 1.29 is 19.1 Å². The second kappa shape index (κ2) is 6.93. The third-order valence-corrected chi connectivity index (χ3v) is 2.53. The van der Waals surface area contributed by atoms with Gasteiger partial charge in [0.2, 0.25) is 0 Å². The van der Waals surface area contributed by atoms with Crippen molar-refractivity contribution in [2.45, 2.75) is 32.2 Å². The molecule has 0 radical (unpaired) electrons. The number of hydrogen-bond donors (Lipinski definition) is 0. The Hall–Kier alpha value is -1.52. The van der Waals surface area contributed by atoms with Gasteiger partial charge in [0, 0.05) is 6.54 Å². The lowest BCUT2D eigenvalue weighted by atomic mass is 10.2. The predicted octanol–water partition coefficient (Wildman–Crippen LogP) is 1.73. The molecule has 0 aromatic carbocycles. The highest BCUT2D eigenvalue weighted by atomic mass is 16.6. The Morgan fingerprint density at radius 3 is 2.88 bits per heavy atom. The molecule has 0 unspecified atom stereocenters. The third-order valence-electron chi connectivity index (χ3n) is 2.53. The largest absolute Gasteiger partial charge is 0.464 e. The molecule has 0 spiro atoms. The molecule has 0 aliphatic carbocycles. The van der Waals surface area contributed by atoms with Crippen LogP contribution in [0.25, 0.3) is 0 Å². The summed E-state index contributed by atoms with van der Waals surface area (Å²) in [6.07, 6.45) is 3.25. The maximum atomic E-state index is 11.7. The van der Waals surface area contributed by atoms with Gasteiger partial charge in [-0.1, -0.05) is 19.6 Å². The number of carbonyl (C=O) groups excluding carboxylic acids is 2. The molecule has 0 aromatic heterocycles. The molecule has 1 aliphatic rings. The molecule has 0 bridgehead atoms. The van der Waals surface area contributed by atoms with Crippen molar-refractivity contribution in [2.24, 2.45) is 0 Å². The van der Waals surface area contributed by atoms with Gasteiger partial charge < -0.3 is 9.47 Å². The SMILES string of the molecule is C=CCOC(=O)N1CCC[C@H]1C(=O)OCCC. The van der Waals surface area contributed by atoms with Crippen LogP contribution in [0, 0.1) is 0 Å². The van der Waals surface area contributed by atoms with E-state index < -0.39 is 12.1 Å². The van der Waals surface area contributed by atoms with Crippen molar-refractivity contribution >= 4 is 12.1 Å². The first kappa shape index (κ1) is 13.5. The summed E-state index contributed by atoms with van der Waals surface area (Å²) in [5, 5.41) is 0. The molecule has 0 aromatic rings. The molecule has 5 heteroatoms. The Bertz CT molecular complexity index is 290. The molecule has 0 N–H and O–H groups in total. The van der Waals surface area contributed by atoms with E-state index in [-0.39, 0.29) is 12.6 Å². The second-order valence-electron chi connectivity index (χ2n) is 3.88. The zero-order chi connectivity index (χ0) is 12.7. The number of likely N-dealkylation sites (tertiary alicyclic amines) is 1. The number of rotatable bonds is 5. The Balaban J connectivity index is 2.50. The van der Waals surface area contributed by atoms with Crippen LogP contribution in [-0.2, 0) is 14.3 Å². The fourth-order valence-corrected chi connectivity index (χ4v) is 1.74. The normalized spacial score (nSPS) is 18.9. The van der Waals surface area contributed by atoms with Crippen molar-refractivity contribution in [3.8, 4) is 0 Å². The fraction of sp³-hybridized carbons (Fsp3) is 0.667. The minimum atomic E-state index is -0.487. The minimum absolute atomic E-state index is 0.159. The average Bonchev–Trinajstić information content (AvgIpc) is 2.82. The summed E-state index contributed by atoms with van der Waals surface area (Å²) in [6.45, 7) is 6.49. The highest BCUT2D eigenvalue weighted by Crippen LogP contribution is 2.19. The second-order valence-corrected chi connectivity index (χ2v) is 3.88. The van der Waals surface area contributed by atoms with E-state index in [1.807, 2.05) is 6.92 Å². The van der Waals surface area contributed by atoms with E-state index in [1.54, 1.807) is 0 Å². The van der Waals surface area contributed by atoms with Gasteiger partial charge >= 0.3 is 12.1 Å². The molecule has 96 valence electrons. The Kier molecular flexibility index (Phi) is 5.52. The van der Waals surface area contributed by atoms with Crippen molar-refractivity contribution in [3.05, 3.63) is 12.7 Å². The Morgan fingerprint density at radius 1 is 1.47 bits per heavy atom. The lowest BCUT2D eigenvalue weighted by molar-refractivity contribution is -0.148. The van der Waals surface area contributed by atoms with Gasteiger partial charge in [-0.3, -0.25) is 4.90 Å². The summed E-state index contributed by atoms with van der Waals surface area (Å²) >= 11 is 0. The number of esters is 1. The number of amides is 1. The Morgan fingerprint density at radius 2 is 2.24 bits per heavy atom. The van der Waals surface area contributed by atoms with Gasteiger partial charge in [-0.15, -0.1) is 0 Å². The first-order chi connectivity index (χ1) is 8.20. The summed E-state index contributed by atoms with van der Waals surface area (Å²) in [4.78, 5) is 24.8. The molecule has 1 rings (SSSR count). The van der Waals surface area contributed by atoms with Crippen molar-refractivity contribution in [1.29, 1.82) is 0 Å². The highest BCUT2D eigenvalue weighted by Gasteiger charge is 2.35. The maximum Gasteiger partial charge on any atom is 0.410 e. The van der Waals surface area contributed by atoms with E-state index in [0.29, 0.717) is 19.6 Å². The lowest BCUT2D eigenvalue weighted by Gasteiger charge is -2.22. The summed E-state index contributed by atoms with van der Waals surface area (Å²) in [6, 6.07) is -0.487. The van der Waals surface area contributed by atoms with E-state index in [1.165, 1.54) is 11.0 Å². The van der Waals surface area contributed by atoms with Gasteiger partial charge in [0.05, 0.1) is 6.61 Å². The van der Waals surface area contributed by atoms with Crippen LogP contribution in [-0.4, -0.2) is 42.8 Å². The van der Waals surface area contributed by atoms with Crippen LogP contribution in [0.5, 0.6) is 0 Å². The maximum absolute atomic E-state index is 11.7. The van der Waals surface area contributed by atoms with Crippen LogP contribution < -0.4 is 0 Å². The van der Waals surface area contributed by atoms with E-state index in [0.717, 1.165) is 12.8 Å². The molecular weight excluding hydrogens is 222 g/mol. The van der Waals surface area contributed by atoms with Gasteiger partial charge in [0.15, 0.2) is 0 Å². The zero-order valence-electron chi connectivity index (χ0n) is 10.2. The van der Waals surface area contributed by atoms with E-state index in [4.69, 9.17) is 9.47 Å². The number of ether oxygens (including phenoxy) is 2. The molecule has 1 atom stereocenters. The van der Waals surface area contributed by atoms with Gasteiger partial charge in [-0.05, 0) is 19.3 Å². The van der Waals surface area contributed by atoms with E-state index >= 15 is 0 Å². The molecular formula is C12H19NO4. The average molecular weight is 241 g/mol. The fourth-order valence-electron chi connectivity index (χ4n) is 1.74. The molecule has 5 nitrogen and oxygen atoms in total. The summed E-state index contributed by atoms with van der Waals surface area (Å²) in [5.41, 5.74) is 0. The van der Waals surface area contributed by atoms with Crippen LogP contribution in [0.15, 0.2) is 12.7 Å². The summed E-state index contributed by atoms with van der Waals surface area (Å²) in [7, 11) is 0. The zero-order valence-corrected chi connectivity index (χ0v) is 10.2. The van der Waals surface area contributed by atoms with Crippen molar-refractivity contribution in [2.75, 3.05) is 19.8 Å². The smallest absolute Gasteiger partial charge is 0.410 e. The highest BCUT2D eigenvalue weighted by molar-refractivity contribution is 5.82. The van der Waals surface area contributed by atoms with Crippen LogP contribution in [0.1, 0.15) is 26.2 Å². The van der Waals surface area contributed by atoms with Crippen molar-refractivity contribution in [1.82, 2.24) is 4.90 Å². The van der Waals surface area contributed by atoms with E-state index in [9.17, 15) is 9.59 Å². The topological polar surface area (TPSA) is 55.8 Å². The van der Waals surface area contributed by atoms with Crippen LogP contribution in [0.4, 0.5) is 4.79 Å². The summed E-state index contributed by atoms with van der Waals surface area (Å²) < 4.78 is 9.97. The van der Waals surface area contributed by atoms with Crippen LogP contribution >= 0.6 is 0 Å². The van der Waals surface area contributed by atoms with Crippen LogP contribution in [0.2, 0.25) is 0 Å². The number of hydrogen-bond acceptors (Lipinski definition) is 4. The van der Waals surface area contributed by atoms with Gasteiger partial charge in [0.1, 0.15) is 12.6 Å². The standard InChI is InChI=1S/C12H19NO4/c1-3-8-16-11(14)10-6-5-7-13(10)12(15)17-9-4-2/h4,10H,2-3,5-9H2,1H3/t10-/m0/s1. The van der Waals surface area contributed by atoms with Crippen LogP contribution in [0.3, 0.4) is 0 Å². The first-order valence-electron chi connectivity index (χ1n) is 5.91. The van der Waals surface area contributed by atoms with Gasteiger partial charge in [-0.25, -0.2) is 9.59 Å². The molecule has 1 aliphatic heterocycles. The predicted molar refractivity (Wildman–Crippen MR) is 62.5 cm³/mol. The lowest BCUT2D eigenvalue weighted by Crippen LogP contribution is -2.41. The molecule has 17 heavy (non-hydrogen) atoms. The van der Waals surface area contributed by atoms with Gasteiger partial charge in [-0.2, -0.15) is 0 Å². The minimum Gasteiger partial charge on any atom is -0.464 e. The molecule has 1 saturated heterocycles. The summed E-state index contributed by atoms with van der Waals surface area (Å²) in [5.74, 6) is -0.333. The molecule has 1 heterocycles. The Labute approximate surface area is 101 Å². The van der Waals surface area contributed by atoms with Gasteiger partial charge in [0.25, 0.3) is 0 Å².